The summed E-state index contributed by atoms with van der Waals surface area (Å²) in [5, 5.41) is 8.88. The van der Waals surface area contributed by atoms with Crippen LogP contribution in [0, 0.1) is 11.3 Å². The molecular weight excluding hydrogens is 234 g/mol. The van der Waals surface area contributed by atoms with E-state index in [1.807, 2.05) is 6.07 Å². The van der Waals surface area contributed by atoms with Gasteiger partial charge in [-0.15, -0.1) is 0 Å². The molecule has 2 rings (SSSR count). The van der Waals surface area contributed by atoms with Crippen LogP contribution in [0.5, 0.6) is 11.5 Å². The largest absolute Gasteiger partial charge is 0.454 e. The lowest BCUT2D eigenvalue weighted by Crippen LogP contribution is -2.10. The molecule has 0 amide bonds. The first-order valence-corrected chi connectivity index (χ1v) is 5.27. The van der Waals surface area contributed by atoms with Crippen LogP contribution >= 0.6 is 0 Å². The molecule has 1 heterocycles. The monoisotopic (exact) mass is 245 g/mol. The summed E-state index contributed by atoms with van der Waals surface area (Å²) < 4.78 is 15.5. The highest BCUT2D eigenvalue weighted by molar-refractivity contribution is 5.67. The number of carbonyl (C=O) groups excluding carboxylic acids is 1. The fourth-order valence-electron chi connectivity index (χ4n) is 1.64. The molecule has 1 aromatic rings. The maximum absolute atomic E-state index is 11.1. The maximum atomic E-state index is 11.1. The topological polar surface area (TPSA) is 68.5 Å². The summed E-state index contributed by atoms with van der Waals surface area (Å²) in [7, 11) is 0. The molecule has 5 heteroatoms. The third-order valence-electron chi connectivity index (χ3n) is 2.44. The average Bonchev–Trinajstić information content (AvgIpc) is 2.81. The van der Waals surface area contributed by atoms with Crippen molar-refractivity contribution < 1.29 is 19.0 Å². The van der Waals surface area contributed by atoms with Crippen LogP contribution in [0.15, 0.2) is 30.4 Å². The van der Waals surface area contributed by atoms with E-state index in [0.29, 0.717) is 17.1 Å². The van der Waals surface area contributed by atoms with Crippen molar-refractivity contribution in [2.24, 2.45) is 0 Å². The van der Waals surface area contributed by atoms with Gasteiger partial charge in [0.15, 0.2) is 17.6 Å². The molecule has 1 aliphatic heterocycles. The van der Waals surface area contributed by atoms with Crippen molar-refractivity contribution >= 4 is 5.97 Å². The molecule has 5 nitrogen and oxygen atoms in total. The Hall–Kier alpha value is -2.48. The molecule has 92 valence electrons. The predicted molar refractivity (Wildman–Crippen MR) is 61.8 cm³/mol. The van der Waals surface area contributed by atoms with Gasteiger partial charge in [-0.3, -0.25) is 4.79 Å². The first-order chi connectivity index (χ1) is 8.61. The maximum Gasteiger partial charge on any atom is 0.303 e. The molecule has 0 radical (unpaired) electrons. The van der Waals surface area contributed by atoms with E-state index in [2.05, 4.69) is 6.58 Å². The SMILES string of the molecule is C=C(C#N)C(OC(C)=O)c1ccc2c(c1)OCO2. The molecule has 1 aromatic carbocycles. The average molecular weight is 245 g/mol. The van der Waals surface area contributed by atoms with Gasteiger partial charge in [0.25, 0.3) is 0 Å². The summed E-state index contributed by atoms with van der Waals surface area (Å²) in [6, 6.07) is 6.99. The number of rotatable bonds is 3. The summed E-state index contributed by atoms with van der Waals surface area (Å²) in [5.41, 5.74) is 0.782. The molecule has 0 N–H and O–H groups in total. The van der Waals surface area contributed by atoms with Gasteiger partial charge in [-0.1, -0.05) is 12.6 Å². The Balaban J connectivity index is 2.33. The molecule has 0 bridgehead atoms. The smallest absolute Gasteiger partial charge is 0.303 e. The van der Waals surface area contributed by atoms with Crippen LogP contribution in [0.1, 0.15) is 18.6 Å². The minimum Gasteiger partial charge on any atom is -0.454 e. The second kappa shape index (κ2) is 4.80. The number of nitrogens with zero attached hydrogens (tertiary/aromatic N) is 1. The van der Waals surface area contributed by atoms with Crippen molar-refractivity contribution in [3.05, 3.63) is 35.9 Å². The molecule has 0 aliphatic carbocycles. The summed E-state index contributed by atoms with van der Waals surface area (Å²) in [6.07, 6.45) is -0.790. The van der Waals surface area contributed by atoms with Crippen molar-refractivity contribution in [1.82, 2.24) is 0 Å². The normalized spacial score (nSPS) is 13.6. The van der Waals surface area contributed by atoms with Gasteiger partial charge in [-0.2, -0.15) is 5.26 Å². The molecule has 18 heavy (non-hydrogen) atoms. The zero-order chi connectivity index (χ0) is 13.1. The van der Waals surface area contributed by atoms with Gasteiger partial charge in [0.1, 0.15) is 0 Å². The highest BCUT2D eigenvalue weighted by Crippen LogP contribution is 2.36. The summed E-state index contributed by atoms with van der Waals surface area (Å²) >= 11 is 0. The second-order valence-corrected chi connectivity index (χ2v) is 3.74. The Labute approximate surface area is 104 Å². The lowest BCUT2D eigenvalue weighted by molar-refractivity contribution is -0.144. The van der Waals surface area contributed by atoms with Crippen molar-refractivity contribution in [3.63, 3.8) is 0 Å². The molecule has 1 aliphatic rings. The van der Waals surface area contributed by atoms with Gasteiger partial charge < -0.3 is 14.2 Å². The van der Waals surface area contributed by atoms with Gasteiger partial charge in [0.2, 0.25) is 6.79 Å². The highest BCUT2D eigenvalue weighted by atomic mass is 16.7. The van der Waals surface area contributed by atoms with Gasteiger partial charge in [0, 0.05) is 12.5 Å². The lowest BCUT2D eigenvalue weighted by Gasteiger charge is -2.16. The zero-order valence-corrected chi connectivity index (χ0v) is 9.80. The Kier molecular flexibility index (Phi) is 3.20. The molecule has 1 atom stereocenters. The van der Waals surface area contributed by atoms with E-state index in [9.17, 15) is 4.79 Å². The number of fused-ring (bicyclic) bond motifs is 1. The van der Waals surface area contributed by atoms with E-state index in [1.54, 1.807) is 18.2 Å². The molecule has 0 saturated carbocycles. The summed E-state index contributed by atoms with van der Waals surface area (Å²) in [5.74, 6) is 0.715. The minimum absolute atomic E-state index is 0.157. The molecule has 0 saturated heterocycles. The number of carbonyl (C=O) groups is 1. The van der Waals surface area contributed by atoms with Crippen molar-refractivity contribution in [1.29, 1.82) is 5.26 Å². The molecular formula is C13H11NO4. The van der Waals surface area contributed by atoms with Crippen molar-refractivity contribution in [2.75, 3.05) is 6.79 Å². The standard InChI is InChI=1S/C13H11NO4/c1-8(6-14)13(18-9(2)15)10-3-4-11-12(5-10)17-7-16-11/h3-5,13H,1,7H2,2H3. The third kappa shape index (κ3) is 2.28. The van der Waals surface area contributed by atoms with E-state index in [4.69, 9.17) is 19.5 Å². The lowest BCUT2D eigenvalue weighted by atomic mass is 10.0. The fourth-order valence-corrected chi connectivity index (χ4v) is 1.64. The van der Waals surface area contributed by atoms with Crippen LogP contribution in [-0.2, 0) is 9.53 Å². The van der Waals surface area contributed by atoms with Crippen LogP contribution in [0.25, 0.3) is 0 Å². The number of benzene rings is 1. The van der Waals surface area contributed by atoms with Crippen LogP contribution in [0.2, 0.25) is 0 Å². The number of esters is 1. The summed E-state index contributed by atoms with van der Waals surface area (Å²) in [4.78, 5) is 11.1. The van der Waals surface area contributed by atoms with E-state index in [-0.39, 0.29) is 12.4 Å². The Bertz CT molecular complexity index is 544. The Morgan fingerprint density at radius 1 is 1.50 bits per heavy atom. The zero-order valence-electron chi connectivity index (χ0n) is 9.80. The van der Waals surface area contributed by atoms with E-state index in [1.165, 1.54) is 6.92 Å². The van der Waals surface area contributed by atoms with Gasteiger partial charge in [-0.25, -0.2) is 0 Å². The number of hydrogen-bond donors (Lipinski definition) is 0. The second-order valence-electron chi connectivity index (χ2n) is 3.74. The van der Waals surface area contributed by atoms with E-state index < -0.39 is 12.1 Å². The quantitative estimate of drug-likeness (QED) is 0.602. The molecule has 0 spiro atoms. The Morgan fingerprint density at radius 2 is 2.22 bits per heavy atom. The first-order valence-electron chi connectivity index (χ1n) is 5.27. The fraction of sp³-hybridized carbons (Fsp3) is 0.231. The minimum atomic E-state index is -0.790. The summed E-state index contributed by atoms with van der Waals surface area (Å²) in [6.45, 7) is 5.03. The van der Waals surface area contributed by atoms with Crippen LogP contribution in [0.4, 0.5) is 0 Å². The van der Waals surface area contributed by atoms with Crippen molar-refractivity contribution in [3.8, 4) is 17.6 Å². The van der Waals surface area contributed by atoms with Crippen LogP contribution in [-0.4, -0.2) is 12.8 Å². The van der Waals surface area contributed by atoms with E-state index >= 15 is 0 Å². The van der Waals surface area contributed by atoms with E-state index in [0.717, 1.165) is 0 Å². The number of ether oxygens (including phenoxy) is 3. The van der Waals surface area contributed by atoms with Crippen LogP contribution < -0.4 is 9.47 Å². The highest BCUT2D eigenvalue weighted by Gasteiger charge is 2.22. The first kappa shape index (κ1) is 12.0. The van der Waals surface area contributed by atoms with Gasteiger partial charge >= 0.3 is 5.97 Å². The number of nitriles is 1. The molecule has 0 fully saturated rings. The van der Waals surface area contributed by atoms with Crippen molar-refractivity contribution in [2.45, 2.75) is 13.0 Å². The molecule has 0 aromatic heterocycles. The third-order valence-corrected chi connectivity index (χ3v) is 2.44. The number of hydrogen-bond acceptors (Lipinski definition) is 5. The Morgan fingerprint density at radius 3 is 2.89 bits per heavy atom. The predicted octanol–water partition coefficient (Wildman–Crippen LogP) is 2.10. The molecule has 1 unspecified atom stereocenters. The van der Waals surface area contributed by atoms with Crippen LogP contribution in [0.3, 0.4) is 0 Å². The van der Waals surface area contributed by atoms with Gasteiger partial charge in [0.05, 0.1) is 11.6 Å². The van der Waals surface area contributed by atoms with Gasteiger partial charge in [-0.05, 0) is 12.1 Å².